The Labute approximate surface area is 146 Å². The summed E-state index contributed by atoms with van der Waals surface area (Å²) in [5.41, 5.74) is -0.174. The van der Waals surface area contributed by atoms with Crippen LogP contribution in [0.25, 0.3) is 0 Å². The number of furan rings is 1. The van der Waals surface area contributed by atoms with E-state index in [0.29, 0.717) is 10.4 Å². The summed E-state index contributed by atoms with van der Waals surface area (Å²) in [6.07, 6.45) is -1.38. The van der Waals surface area contributed by atoms with Crippen LogP contribution < -0.4 is 0 Å². The van der Waals surface area contributed by atoms with Crippen molar-refractivity contribution in [2.45, 2.75) is 12.7 Å². The smallest absolute Gasteiger partial charge is 0.453 e. The van der Waals surface area contributed by atoms with E-state index >= 15 is 0 Å². The lowest BCUT2D eigenvalue weighted by molar-refractivity contribution is -0.385. The predicted octanol–water partition coefficient (Wildman–Crippen LogP) is 2.59. The summed E-state index contributed by atoms with van der Waals surface area (Å²) < 4.78 is 45.1. The van der Waals surface area contributed by atoms with E-state index in [1.165, 1.54) is 23.0 Å². The van der Waals surface area contributed by atoms with E-state index in [-0.39, 0.29) is 22.8 Å². The van der Waals surface area contributed by atoms with Crippen molar-refractivity contribution in [2.24, 2.45) is 5.10 Å². The first-order valence-electron chi connectivity index (χ1n) is 6.78. The first-order valence-corrected chi connectivity index (χ1v) is 7.19. The minimum absolute atomic E-state index is 0.0978. The van der Waals surface area contributed by atoms with Gasteiger partial charge in [0, 0.05) is 0 Å². The summed E-state index contributed by atoms with van der Waals surface area (Å²) in [6.45, 7) is 0.0978. The Morgan fingerprint density at radius 1 is 1.46 bits per heavy atom. The van der Waals surface area contributed by atoms with Gasteiger partial charge in [-0.25, -0.2) is 5.10 Å². The Morgan fingerprint density at radius 2 is 2.23 bits per heavy atom. The summed E-state index contributed by atoms with van der Waals surface area (Å²) in [4.78, 5) is 10.0. The minimum Gasteiger partial charge on any atom is -0.458 e. The Hall–Kier alpha value is -3.29. The molecule has 0 aliphatic rings. The van der Waals surface area contributed by atoms with Gasteiger partial charge in [0.05, 0.1) is 17.7 Å². The van der Waals surface area contributed by atoms with Gasteiger partial charge >= 0.3 is 11.9 Å². The molecule has 3 aromatic heterocycles. The van der Waals surface area contributed by atoms with Crippen molar-refractivity contribution in [1.29, 1.82) is 0 Å². The molecule has 26 heavy (non-hydrogen) atoms. The molecule has 3 aromatic rings. The highest BCUT2D eigenvalue weighted by molar-refractivity contribution is 7.71. The number of nitro groups is 1. The van der Waals surface area contributed by atoms with E-state index in [9.17, 15) is 23.3 Å². The lowest BCUT2D eigenvalue weighted by atomic mass is 10.4. The maximum atomic E-state index is 12.8. The maximum Gasteiger partial charge on any atom is 0.453 e. The quantitative estimate of drug-likeness (QED) is 0.311. The first-order chi connectivity index (χ1) is 12.2. The molecule has 0 radical (unpaired) electrons. The highest BCUT2D eigenvalue weighted by atomic mass is 32.1. The van der Waals surface area contributed by atoms with Gasteiger partial charge in [-0.05, 0) is 24.4 Å². The zero-order chi connectivity index (χ0) is 18.9. The highest BCUT2D eigenvalue weighted by Crippen LogP contribution is 2.27. The molecule has 0 saturated carbocycles. The summed E-state index contributed by atoms with van der Waals surface area (Å²) in [6, 6.07) is 3.00. The van der Waals surface area contributed by atoms with Crippen LogP contribution in [0, 0.1) is 14.9 Å². The number of aromatic amines is 1. The molecule has 3 heterocycles. The van der Waals surface area contributed by atoms with Gasteiger partial charge in [-0.15, -0.1) is 5.10 Å². The average Bonchev–Trinajstić information content (AvgIpc) is 3.25. The largest absolute Gasteiger partial charge is 0.458 e. The van der Waals surface area contributed by atoms with Crippen LogP contribution in [0.4, 0.5) is 18.9 Å². The van der Waals surface area contributed by atoms with Gasteiger partial charge in [-0.2, -0.15) is 28.0 Å². The standard InChI is InChI=1S/C12H8F3N7O3S/c13-12(14,15)10-18-19-11(26)21(10)17-4-8-1-2-9(25-8)6-20-5-7(3-16-20)22(23)24/h1-5H,6H2,(H,19,26)/b17-4+. The number of nitrogens with zero attached hydrogens (tertiary/aromatic N) is 6. The molecule has 0 aliphatic carbocycles. The van der Waals surface area contributed by atoms with Crippen LogP contribution in [-0.2, 0) is 12.7 Å². The number of rotatable bonds is 5. The molecule has 1 N–H and O–H groups in total. The van der Waals surface area contributed by atoms with E-state index in [1.807, 2.05) is 5.10 Å². The molecular weight excluding hydrogens is 379 g/mol. The van der Waals surface area contributed by atoms with Crippen LogP contribution in [-0.4, -0.2) is 35.8 Å². The zero-order valence-corrected chi connectivity index (χ0v) is 13.4. The molecule has 0 spiro atoms. The lowest BCUT2D eigenvalue weighted by Gasteiger charge is -2.03. The van der Waals surface area contributed by atoms with Crippen LogP contribution in [0.3, 0.4) is 0 Å². The van der Waals surface area contributed by atoms with Gasteiger partial charge in [-0.1, -0.05) is 0 Å². The fourth-order valence-corrected chi connectivity index (χ4v) is 2.12. The molecule has 0 aromatic carbocycles. The van der Waals surface area contributed by atoms with Crippen molar-refractivity contribution in [3.63, 3.8) is 0 Å². The monoisotopic (exact) mass is 387 g/mol. The van der Waals surface area contributed by atoms with Gasteiger partial charge in [0.2, 0.25) is 4.77 Å². The molecule has 0 saturated heterocycles. The fraction of sp³-hybridized carbons (Fsp3) is 0.167. The van der Waals surface area contributed by atoms with Gasteiger partial charge < -0.3 is 4.42 Å². The van der Waals surface area contributed by atoms with Crippen molar-refractivity contribution in [1.82, 2.24) is 24.7 Å². The molecule has 0 amide bonds. The van der Waals surface area contributed by atoms with Crippen LogP contribution in [0.15, 0.2) is 34.0 Å². The van der Waals surface area contributed by atoms with E-state index in [4.69, 9.17) is 16.6 Å². The second-order valence-electron chi connectivity index (χ2n) is 4.86. The third-order valence-corrected chi connectivity index (χ3v) is 3.30. The van der Waals surface area contributed by atoms with E-state index in [2.05, 4.69) is 15.3 Å². The van der Waals surface area contributed by atoms with Crippen LogP contribution >= 0.6 is 12.2 Å². The summed E-state index contributed by atoms with van der Waals surface area (Å²) in [5, 5.41) is 23.1. The van der Waals surface area contributed by atoms with Gasteiger partial charge in [0.25, 0.3) is 5.82 Å². The molecule has 10 nitrogen and oxygen atoms in total. The lowest BCUT2D eigenvalue weighted by Crippen LogP contribution is -2.12. The molecule has 0 aliphatic heterocycles. The van der Waals surface area contributed by atoms with Gasteiger partial charge in [0.15, 0.2) is 0 Å². The van der Waals surface area contributed by atoms with E-state index < -0.39 is 16.9 Å². The maximum absolute atomic E-state index is 12.8. The normalized spacial score (nSPS) is 12.1. The predicted molar refractivity (Wildman–Crippen MR) is 82.1 cm³/mol. The third kappa shape index (κ3) is 3.69. The highest BCUT2D eigenvalue weighted by Gasteiger charge is 2.37. The summed E-state index contributed by atoms with van der Waals surface area (Å²) >= 11 is 4.71. The number of halogens is 3. The van der Waals surface area contributed by atoms with Gasteiger partial charge in [-0.3, -0.25) is 14.8 Å². The van der Waals surface area contributed by atoms with Crippen molar-refractivity contribution < 1.29 is 22.5 Å². The van der Waals surface area contributed by atoms with E-state index in [1.54, 1.807) is 0 Å². The molecule has 14 heteroatoms. The number of alkyl halides is 3. The van der Waals surface area contributed by atoms with Crippen LogP contribution in [0.5, 0.6) is 0 Å². The number of hydrogen-bond donors (Lipinski definition) is 1. The summed E-state index contributed by atoms with van der Waals surface area (Å²) in [5.74, 6) is -0.774. The number of aromatic nitrogens is 5. The van der Waals surface area contributed by atoms with Crippen molar-refractivity contribution in [3.8, 4) is 0 Å². The Morgan fingerprint density at radius 3 is 2.88 bits per heavy atom. The Bertz CT molecular complexity index is 1030. The Kier molecular flexibility index (Phi) is 4.41. The Balaban J connectivity index is 1.76. The number of nitrogens with one attached hydrogen (secondary N) is 1. The third-order valence-electron chi connectivity index (χ3n) is 3.04. The second-order valence-corrected chi connectivity index (χ2v) is 5.25. The molecule has 136 valence electrons. The molecule has 0 bridgehead atoms. The molecule has 0 atom stereocenters. The molecule has 3 rings (SSSR count). The SMILES string of the molecule is O=[N+]([O-])c1cnn(Cc2ccc(/C=N/n3c(C(F)(F)F)n[nH]c3=S)o2)c1. The van der Waals surface area contributed by atoms with Crippen LogP contribution in [0.1, 0.15) is 17.3 Å². The van der Waals surface area contributed by atoms with E-state index in [0.717, 1.165) is 12.4 Å². The summed E-state index contributed by atoms with van der Waals surface area (Å²) in [7, 11) is 0. The number of hydrogen-bond acceptors (Lipinski definition) is 7. The van der Waals surface area contributed by atoms with Crippen molar-refractivity contribution >= 4 is 24.1 Å². The minimum atomic E-state index is -4.73. The second kappa shape index (κ2) is 6.55. The topological polar surface area (TPSA) is 120 Å². The number of H-pyrrole nitrogens is 1. The molecule has 0 fully saturated rings. The fourth-order valence-electron chi connectivity index (χ4n) is 1.94. The first kappa shape index (κ1) is 17.5. The molecular formula is C12H8F3N7O3S. The average molecular weight is 387 g/mol. The van der Waals surface area contributed by atoms with Crippen molar-refractivity contribution in [2.75, 3.05) is 0 Å². The molecule has 0 unspecified atom stereocenters. The van der Waals surface area contributed by atoms with Crippen LogP contribution in [0.2, 0.25) is 0 Å². The van der Waals surface area contributed by atoms with Gasteiger partial charge in [0.1, 0.15) is 23.9 Å². The zero-order valence-electron chi connectivity index (χ0n) is 12.5. The van der Waals surface area contributed by atoms with Crippen molar-refractivity contribution in [3.05, 3.63) is 56.8 Å².